The third-order valence-electron chi connectivity index (χ3n) is 5.66. The van der Waals surface area contributed by atoms with Crippen LogP contribution in [0.25, 0.3) is 0 Å². The number of guanidine groups is 1. The van der Waals surface area contributed by atoms with Gasteiger partial charge in [-0.15, -0.1) is 24.0 Å². The summed E-state index contributed by atoms with van der Waals surface area (Å²) in [5, 5.41) is 6.76. The number of piperidine rings is 1. The quantitative estimate of drug-likeness (QED) is 0.335. The number of nitrogens with zero attached hydrogens (tertiary/aromatic N) is 3. The van der Waals surface area contributed by atoms with E-state index >= 15 is 0 Å². The topological polar surface area (TPSA) is 60.0 Å². The molecule has 2 aliphatic rings. The molecule has 1 aromatic carbocycles. The molecule has 2 heterocycles. The summed E-state index contributed by atoms with van der Waals surface area (Å²) in [4.78, 5) is 21.3. The molecular formula is C22H36IN5O. The van der Waals surface area contributed by atoms with E-state index in [0.29, 0.717) is 6.04 Å². The number of amides is 1. The molecule has 1 unspecified atom stereocenters. The number of halogens is 1. The molecule has 7 heteroatoms. The lowest BCUT2D eigenvalue weighted by molar-refractivity contribution is -0.128. The van der Waals surface area contributed by atoms with Crippen molar-refractivity contribution in [1.29, 1.82) is 0 Å². The van der Waals surface area contributed by atoms with Crippen molar-refractivity contribution in [3.8, 4) is 0 Å². The minimum Gasteiger partial charge on any atom is -0.357 e. The smallest absolute Gasteiger partial charge is 0.244 e. The Kier molecular flexibility index (Phi) is 10.8. The Labute approximate surface area is 192 Å². The van der Waals surface area contributed by atoms with Crippen molar-refractivity contribution in [2.75, 3.05) is 39.3 Å². The maximum absolute atomic E-state index is 12.3. The monoisotopic (exact) mass is 513 g/mol. The fourth-order valence-corrected chi connectivity index (χ4v) is 4.09. The van der Waals surface area contributed by atoms with Gasteiger partial charge in [-0.1, -0.05) is 36.8 Å². The number of likely N-dealkylation sites (tertiary alicyclic amines) is 2. The molecule has 0 radical (unpaired) electrons. The predicted octanol–water partition coefficient (Wildman–Crippen LogP) is 2.84. The van der Waals surface area contributed by atoms with E-state index in [1.807, 2.05) is 4.90 Å². The van der Waals surface area contributed by atoms with Crippen LogP contribution in [-0.4, -0.2) is 67.0 Å². The summed E-state index contributed by atoms with van der Waals surface area (Å²) < 4.78 is 0. The van der Waals surface area contributed by atoms with Crippen LogP contribution < -0.4 is 10.6 Å². The largest absolute Gasteiger partial charge is 0.357 e. The molecule has 29 heavy (non-hydrogen) atoms. The van der Waals surface area contributed by atoms with E-state index in [0.717, 1.165) is 58.1 Å². The van der Waals surface area contributed by atoms with Crippen molar-refractivity contribution < 1.29 is 4.79 Å². The van der Waals surface area contributed by atoms with Gasteiger partial charge < -0.3 is 15.5 Å². The summed E-state index contributed by atoms with van der Waals surface area (Å²) in [6, 6.07) is 11.2. The van der Waals surface area contributed by atoms with Crippen LogP contribution in [0.3, 0.4) is 0 Å². The van der Waals surface area contributed by atoms with Crippen LogP contribution in [-0.2, 0) is 11.3 Å². The molecule has 3 rings (SSSR count). The summed E-state index contributed by atoms with van der Waals surface area (Å²) in [7, 11) is 0. The number of hydrogen-bond acceptors (Lipinski definition) is 3. The number of benzene rings is 1. The van der Waals surface area contributed by atoms with Crippen LogP contribution in [0.1, 0.15) is 44.6 Å². The lowest BCUT2D eigenvalue weighted by Gasteiger charge is -2.36. The van der Waals surface area contributed by atoms with Gasteiger partial charge in [0.15, 0.2) is 5.96 Å². The molecular weight excluding hydrogens is 477 g/mol. The third kappa shape index (κ3) is 7.77. The van der Waals surface area contributed by atoms with Gasteiger partial charge in [0, 0.05) is 38.8 Å². The zero-order valence-corrected chi connectivity index (χ0v) is 19.9. The molecule has 0 aromatic heterocycles. The molecule has 2 aliphatic heterocycles. The van der Waals surface area contributed by atoms with Gasteiger partial charge in [-0.05, 0) is 44.7 Å². The fraction of sp³-hybridized carbons (Fsp3) is 0.636. The first-order valence-corrected chi connectivity index (χ1v) is 10.8. The highest BCUT2D eigenvalue weighted by Crippen LogP contribution is 2.19. The second-order valence-corrected chi connectivity index (χ2v) is 7.77. The normalized spacial score (nSPS) is 20.2. The minimum absolute atomic E-state index is 0. The first-order valence-electron chi connectivity index (χ1n) is 10.8. The minimum atomic E-state index is 0. The Balaban J connectivity index is 0.00000300. The highest BCUT2D eigenvalue weighted by molar-refractivity contribution is 14.0. The Morgan fingerprint density at radius 1 is 1.07 bits per heavy atom. The van der Waals surface area contributed by atoms with Crippen LogP contribution in [0.5, 0.6) is 0 Å². The van der Waals surface area contributed by atoms with Crippen LogP contribution in [0.2, 0.25) is 0 Å². The second kappa shape index (κ2) is 13.1. The average molecular weight is 513 g/mol. The fourth-order valence-electron chi connectivity index (χ4n) is 4.09. The SMILES string of the molecule is CCNC(=NCC(=O)N1CCCC1)NCC1CCCCN1Cc1ccccc1.I. The van der Waals surface area contributed by atoms with Crippen molar-refractivity contribution in [2.45, 2.75) is 51.6 Å². The van der Waals surface area contributed by atoms with Crippen LogP contribution in [0.4, 0.5) is 0 Å². The number of rotatable bonds is 7. The summed E-state index contributed by atoms with van der Waals surface area (Å²) >= 11 is 0. The maximum atomic E-state index is 12.3. The van der Waals surface area contributed by atoms with Crippen molar-refractivity contribution >= 4 is 35.8 Å². The van der Waals surface area contributed by atoms with Crippen LogP contribution >= 0.6 is 24.0 Å². The molecule has 2 fully saturated rings. The number of aliphatic imine (C=N–C) groups is 1. The van der Waals surface area contributed by atoms with Crippen molar-refractivity contribution in [2.24, 2.45) is 4.99 Å². The van der Waals surface area contributed by atoms with E-state index in [1.54, 1.807) is 0 Å². The number of carbonyl (C=O) groups excluding carboxylic acids is 1. The average Bonchev–Trinajstić information content (AvgIpc) is 3.27. The van der Waals surface area contributed by atoms with Gasteiger partial charge in [0.25, 0.3) is 0 Å². The Bertz CT molecular complexity index is 633. The van der Waals surface area contributed by atoms with E-state index < -0.39 is 0 Å². The van der Waals surface area contributed by atoms with E-state index in [-0.39, 0.29) is 36.4 Å². The van der Waals surface area contributed by atoms with E-state index in [4.69, 9.17) is 0 Å². The second-order valence-electron chi connectivity index (χ2n) is 7.77. The Morgan fingerprint density at radius 2 is 1.79 bits per heavy atom. The summed E-state index contributed by atoms with van der Waals surface area (Å²) in [5.41, 5.74) is 1.37. The predicted molar refractivity (Wildman–Crippen MR) is 130 cm³/mol. The molecule has 0 bridgehead atoms. The first-order chi connectivity index (χ1) is 13.8. The summed E-state index contributed by atoms with van der Waals surface area (Å²) in [6.45, 7) is 7.84. The number of carbonyl (C=O) groups is 1. The molecule has 0 spiro atoms. The molecule has 6 nitrogen and oxygen atoms in total. The van der Waals surface area contributed by atoms with Gasteiger partial charge >= 0.3 is 0 Å². The van der Waals surface area contributed by atoms with Crippen molar-refractivity contribution in [1.82, 2.24) is 20.4 Å². The molecule has 162 valence electrons. The lowest BCUT2D eigenvalue weighted by atomic mass is 10.0. The molecule has 1 amide bonds. The van der Waals surface area contributed by atoms with Gasteiger partial charge in [0.1, 0.15) is 6.54 Å². The van der Waals surface area contributed by atoms with Gasteiger partial charge in [0.2, 0.25) is 5.91 Å². The van der Waals surface area contributed by atoms with Crippen molar-refractivity contribution in [3.05, 3.63) is 35.9 Å². The van der Waals surface area contributed by atoms with Gasteiger partial charge in [-0.25, -0.2) is 4.99 Å². The molecule has 1 aromatic rings. The first kappa shape index (κ1) is 23.9. The van der Waals surface area contributed by atoms with E-state index in [1.165, 1.54) is 24.8 Å². The van der Waals surface area contributed by atoms with Crippen LogP contribution in [0.15, 0.2) is 35.3 Å². The molecule has 0 saturated carbocycles. The van der Waals surface area contributed by atoms with Crippen LogP contribution in [0, 0.1) is 0 Å². The molecule has 2 saturated heterocycles. The van der Waals surface area contributed by atoms with Gasteiger partial charge in [-0.2, -0.15) is 0 Å². The van der Waals surface area contributed by atoms with Gasteiger partial charge in [0.05, 0.1) is 0 Å². The zero-order chi connectivity index (χ0) is 19.6. The zero-order valence-electron chi connectivity index (χ0n) is 17.6. The van der Waals surface area contributed by atoms with E-state index in [9.17, 15) is 4.79 Å². The van der Waals surface area contributed by atoms with E-state index in [2.05, 4.69) is 57.8 Å². The summed E-state index contributed by atoms with van der Waals surface area (Å²) in [5.74, 6) is 0.887. The molecule has 0 aliphatic carbocycles. The standard InChI is InChI=1S/C22H35N5O.HI/c1-2-23-22(25-17-21(28)26-13-8-9-14-26)24-16-20-12-6-7-15-27(20)18-19-10-4-3-5-11-19;/h3-5,10-11,20H,2,6-9,12-18H2,1H3,(H2,23,24,25);1H. The highest BCUT2D eigenvalue weighted by atomic mass is 127. The number of nitrogens with one attached hydrogen (secondary N) is 2. The lowest BCUT2D eigenvalue weighted by Crippen LogP contribution is -2.49. The van der Waals surface area contributed by atoms with Gasteiger partial charge in [-0.3, -0.25) is 9.69 Å². The van der Waals surface area contributed by atoms with Crippen molar-refractivity contribution in [3.63, 3.8) is 0 Å². The third-order valence-corrected chi connectivity index (χ3v) is 5.66. The molecule has 1 atom stereocenters. The molecule has 2 N–H and O–H groups in total. The highest BCUT2D eigenvalue weighted by Gasteiger charge is 2.23. The Morgan fingerprint density at radius 3 is 2.52 bits per heavy atom. The number of hydrogen-bond donors (Lipinski definition) is 2. The maximum Gasteiger partial charge on any atom is 0.244 e. The Hall–Kier alpha value is -1.35. The summed E-state index contributed by atoms with van der Waals surface area (Å²) in [6.07, 6.45) is 5.98.